The van der Waals surface area contributed by atoms with Gasteiger partial charge in [0, 0.05) is 11.6 Å². The number of aromatic nitrogens is 1. The lowest BCUT2D eigenvalue weighted by Gasteiger charge is -2.48. The molecule has 8 nitrogen and oxygen atoms in total. The van der Waals surface area contributed by atoms with E-state index in [1.54, 1.807) is 26.0 Å². The fourth-order valence-corrected chi connectivity index (χ4v) is 8.08. The van der Waals surface area contributed by atoms with Gasteiger partial charge in [0.2, 0.25) is 0 Å². The van der Waals surface area contributed by atoms with Crippen LogP contribution in [-0.2, 0) is 9.53 Å². The topological polar surface area (TPSA) is 137 Å². The van der Waals surface area contributed by atoms with E-state index >= 15 is 0 Å². The Morgan fingerprint density at radius 3 is 2.56 bits per heavy atom. The summed E-state index contributed by atoms with van der Waals surface area (Å²) in [5, 5.41) is 34.0. The number of esters is 1. The van der Waals surface area contributed by atoms with E-state index in [4.69, 9.17) is 4.74 Å². The Morgan fingerprint density at radius 1 is 1.29 bits per heavy atom. The molecule has 2 saturated carbocycles. The van der Waals surface area contributed by atoms with Crippen molar-refractivity contribution < 1.29 is 29.6 Å². The van der Waals surface area contributed by atoms with Crippen molar-refractivity contribution in [3.05, 3.63) is 43.5 Å². The van der Waals surface area contributed by atoms with Crippen LogP contribution in [0.5, 0.6) is 0 Å². The van der Waals surface area contributed by atoms with Crippen molar-refractivity contribution >= 4 is 23.1 Å². The molecular weight excluding hydrogens is 458 g/mol. The highest BCUT2D eigenvalue weighted by Crippen LogP contribution is 2.71. The number of Topliss-reactive ketones (excluding diaryl/α,β-unsaturated/α-hetero) is 1. The van der Waals surface area contributed by atoms with Crippen molar-refractivity contribution in [3.63, 3.8) is 0 Å². The van der Waals surface area contributed by atoms with Crippen LogP contribution in [0.25, 0.3) is 0 Å². The van der Waals surface area contributed by atoms with Crippen LogP contribution in [-0.4, -0.2) is 56.5 Å². The number of allylic oxidation sites excluding steroid dienone is 1. The molecule has 0 aromatic carbocycles. The second kappa shape index (κ2) is 7.22. The number of carbonyl (C=O) groups is 2. The minimum Gasteiger partial charge on any atom is -0.450 e. The van der Waals surface area contributed by atoms with E-state index in [1.165, 1.54) is 0 Å². The molecule has 1 aromatic heterocycles. The Balaban J connectivity index is 1.65. The SMILES string of the molecule is CC1=CC23C(=O)[C@@H](C=C(CO)[C@@H](O)[C@]2(O)[C@H]1OC(=O)c1sc(=O)[nH]c1C)[C@H]1[C@@H](CC3C)C1(C)C. The molecule has 8 atom stereocenters. The summed E-state index contributed by atoms with van der Waals surface area (Å²) in [5.41, 5.74) is -2.77. The molecule has 184 valence electrons. The lowest BCUT2D eigenvalue weighted by atomic mass is 9.59. The van der Waals surface area contributed by atoms with Gasteiger partial charge in [-0.2, -0.15) is 0 Å². The fourth-order valence-electron chi connectivity index (χ4n) is 7.35. The number of aliphatic hydroxyl groups is 3. The number of rotatable bonds is 3. The molecule has 0 aliphatic heterocycles. The van der Waals surface area contributed by atoms with E-state index < -0.39 is 46.6 Å². The summed E-state index contributed by atoms with van der Waals surface area (Å²) in [6.07, 6.45) is 1.06. The number of carbonyl (C=O) groups excluding carboxylic acids is 2. The average molecular weight is 490 g/mol. The summed E-state index contributed by atoms with van der Waals surface area (Å²) in [6.45, 7) is 8.88. The quantitative estimate of drug-likeness (QED) is 0.375. The summed E-state index contributed by atoms with van der Waals surface area (Å²) < 4.78 is 5.77. The molecule has 34 heavy (non-hydrogen) atoms. The maximum absolute atomic E-state index is 14.3. The highest BCUT2D eigenvalue weighted by molar-refractivity contribution is 7.11. The normalized spacial score (nSPS) is 42.1. The number of ether oxygens (including phenoxy) is 1. The Morgan fingerprint density at radius 2 is 1.97 bits per heavy atom. The zero-order valence-corrected chi connectivity index (χ0v) is 20.7. The van der Waals surface area contributed by atoms with Crippen LogP contribution in [0.1, 0.15) is 49.5 Å². The van der Waals surface area contributed by atoms with Gasteiger partial charge in [0.1, 0.15) is 11.0 Å². The predicted molar refractivity (Wildman–Crippen MR) is 124 cm³/mol. The third-order valence-corrected chi connectivity index (χ3v) is 10.1. The third-order valence-electron chi connectivity index (χ3n) is 9.13. The predicted octanol–water partition coefficient (Wildman–Crippen LogP) is 1.74. The monoisotopic (exact) mass is 489 g/mol. The smallest absolute Gasteiger partial charge is 0.351 e. The van der Waals surface area contributed by atoms with Gasteiger partial charge in [0.05, 0.1) is 12.0 Å². The maximum atomic E-state index is 14.3. The van der Waals surface area contributed by atoms with Crippen LogP contribution in [0, 0.1) is 41.4 Å². The Kier molecular flexibility index (Phi) is 5.03. The van der Waals surface area contributed by atoms with Crippen molar-refractivity contribution in [1.82, 2.24) is 4.98 Å². The van der Waals surface area contributed by atoms with Gasteiger partial charge in [-0.3, -0.25) is 9.59 Å². The first-order valence-corrected chi connectivity index (χ1v) is 12.5. The molecule has 1 heterocycles. The van der Waals surface area contributed by atoms with Crippen LogP contribution < -0.4 is 4.87 Å². The molecule has 0 radical (unpaired) electrons. The van der Waals surface area contributed by atoms with E-state index in [0.29, 0.717) is 29.0 Å². The Labute approximate surface area is 201 Å². The first-order chi connectivity index (χ1) is 15.8. The minimum atomic E-state index is -2.19. The molecule has 1 spiro atoms. The maximum Gasteiger partial charge on any atom is 0.351 e. The molecule has 2 bridgehead atoms. The highest BCUT2D eigenvalue weighted by atomic mass is 32.1. The number of nitrogens with one attached hydrogen (secondary N) is 1. The molecule has 1 aromatic rings. The molecule has 2 fully saturated rings. The first kappa shape index (κ1) is 23.7. The van der Waals surface area contributed by atoms with Crippen molar-refractivity contribution in [2.45, 2.75) is 58.8 Å². The summed E-state index contributed by atoms with van der Waals surface area (Å²) >= 11 is 0.704. The van der Waals surface area contributed by atoms with Gasteiger partial charge in [0.25, 0.3) is 0 Å². The van der Waals surface area contributed by atoms with Crippen LogP contribution in [0.3, 0.4) is 0 Å². The molecular formula is C25H31NO7S. The van der Waals surface area contributed by atoms with E-state index in [9.17, 15) is 29.7 Å². The van der Waals surface area contributed by atoms with Crippen molar-refractivity contribution in [2.24, 2.45) is 34.5 Å². The Bertz CT molecular complexity index is 1210. The van der Waals surface area contributed by atoms with Crippen LogP contribution in [0.15, 0.2) is 28.1 Å². The molecule has 0 saturated heterocycles. The highest BCUT2D eigenvalue weighted by Gasteiger charge is 2.76. The van der Waals surface area contributed by atoms with Gasteiger partial charge >= 0.3 is 10.8 Å². The Hall–Kier alpha value is -2.07. The van der Waals surface area contributed by atoms with E-state index in [-0.39, 0.29) is 39.4 Å². The van der Waals surface area contributed by atoms with Gasteiger partial charge in [-0.05, 0) is 54.6 Å². The van der Waals surface area contributed by atoms with Gasteiger partial charge in [-0.1, -0.05) is 44.3 Å². The number of hydrogen-bond donors (Lipinski definition) is 4. The van der Waals surface area contributed by atoms with Crippen LogP contribution in [0.2, 0.25) is 0 Å². The lowest BCUT2D eigenvalue weighted by Crippen LogP contribution is -2.65. The summed E-state index contributed by atoms with van der Waals surface area (Å²) in [6, 6.07) is 0. The van der Waals surface area contributed by atoms with Gasteiger partial charge in [-0.15, -0.1) is 0 Å². The summed E-state index contributed by atoms with van der Waals surface area (Å²) in [7, 11) is 0. The van der Waals surface area contributed by atoms with Gasteiger partial charge in [-0.25, -0.2) is 4.79 Å². The van der Waals surface area contributed by atoms with Crippen molar-refractivity contribution in [1.29, 1.82) is 0 Å². The van der Waals surface area contributed by atoms with Gasteiger partial charge in [0.15, 0.2) is 17.5 Å². The second-order valence-electron chi connectivity index (χ2n) is 11.1. The van der Waals surface area contributed by atoms with Gasteiger partial charge < -0.3 is 25.0 Å². The lowest BCUT2D eigenvalue weighted by molar-refractivity contribution is -0.190. The average Bonchev–Trinajstić information content (AvgIpc) is 3.04. The number of aryl methyl sites for hydroxylation is 1. The largest absolute Gasteiger partial charge is 0.450 e. The molecule has 4 aliphatic rings. The number of fused-ring (bicyclic) bond motifs is 3. The molecule has 2 unspecified atom stereocenters. The molecule has 9 heteroatoms. The fraction of sp³-hybridized carbons (Fsp3) is 0.640. The third kappa shape index (κ3) is 2.72. The standard InChI is InChI=1S/C25H31NO7S/c1-10-8-24-11(2)6-15-16(23(15,4)5)14(19(24)29)7-13(9-27)18(28)25(24,32)20(10)33-21(30)17-12(3)26-22(31)34-17/h7-8,11,14-16,18,20,27-28,32H,6,9H2,1-5H3,(H,26,31)/t11?,14-,15+,16-,18+,20-,24?,25-/m0/s1. The second-order valence-corrected chi connectivity index (χ2v) is 12.1. The first-order valence-electron chi connectivity index (χ1n) is 11.7. The number of ketones is 1. The number of aliphatic hydroxyl groups excluding tert-OH is 2. The number of thiazole rings is 1. The number of hydrogen-bond acceptors (Lipinski definition) is 8. The van der Waals surface area contributed by atoms with Crippen LogP contribution in [0.4, 0.5) is 0 Å². The number of H-pyrrole nitrogens is 1. The van der Waals surface area contributed by atoms with E-state index in [1.807, 2.05) is 6.92 Å². The zero-order chi connectivity index (χ0) is 25.0. The molecule has 4 aliphatic carbocycles. The summed E-state index contributed by atoms with van der Waals surface area (Å²) in [5.74, 6) is -1.61. The van der Waals surface area contributed by atoms with E-state index in [2.05, 4.69) is 18.8 Å². The molecule has 5 rings (SSSR count). The van der Waals surface area contributed by atoms with Crippen LogP contribution >= 0.6 is 11.3 Å². The van der Waals surface area contributed by atoms with Crippen molar-refractivity contribution in [2.75, 3.05) is 6.61 Å². The van der Waals surface area contributed by atoms with Crippen molar-refractivity contribution in [3.8, 4) is 0 Å². The minimum absolute atomic E-state index is 0.0491. The zero-order valence-electron chi connectivity index (χ0n) is 19.9. The molecule has 0 amide bonds. The summed E-state index contributed by atoms with van der Waals surface area (Å²) in [4.78, 5) is 41.2. The molecule has 4 N–H and O–H groups in total. The number of aromatic amines is 1. The van der Waals surface area contributed by atoms with E-state index in [0.717, 1.165) is 0 Å².